The maximum atomic E-state index is 10.7. The Morgan fingerprint density at radius 1 is 0.522 bits per heavy atom. The molecule has 2 aromatic heterocycles. The summed E-state index contributed by atoms with van der Waals surface area (Å²) >= 11 is 0. The van der Waals surface area contributed by atoms with Gasteiger partial charge in [0.1, 0.15) is 0 Å². The Morgan fingerprint density at radius 2 is 0.870 bits per heavy atom. The molecule has 0 aliphatic heterocycles. The van der Waals surface area contributed by atoms with Crippen molar-refractivity contribution in [3.63, 3.8) is 0 Å². The van der Waals surface area contributed by atoms with Crippen LogP contribution in [0.2, 0.25) is 0 Å². The lowest BCUT2D eigenvalue weighted by atomic mass is 9.67. The molecule has 0 fully saturated rings. The molecule has 5 rings (SSSR count). The van der Waals surface area contributed by atoms with E-state index in [1.807, 2.05) is 116 Å². The zero-order valence-electron chi connectivity index (χ0n) is 26.9. The van der Waals surface area contributed by atoms with Crippen molar-refractivity contribution in [2.24, 2.45) is 0 Å². The monoisotopic (exact) mass is 620 g/mol. The van der Waals surface area contributed by atoms with E-state index in [0.29, 0.717) is 6.42 Å². The van der Waals surface area contributed by atoms with Crippen LogP contribution in [0.15, 0.2) is 152 Å². The van der Waals surface area contributed by atoms with Gasteiger partial charge < -0.3 is 14.7 Å². The Labute approximate surface area is 274 Å². The lowest BCUT2D eigenvalue weighted by Crippen LogP contribution is -2.48. The number of aromatic nitrogens is 2. The molecule has 8 heteroatoms. The highest BCUT2D eigenvalue weighted by Crippen LogP contribution is 2.42. The lowest BCUT2D eigenvalue weighted by molar-refractivity contribution is -0.891. The van der Waals surface area contributed by atoms with E-state index >= 15 is 0 Å². The molecule has 0 spiro atoms. The van der Waals surface area contributed by atoms with E-state index in [0.717, 1.165) is 32.5 Å². The highest BCUT2D eigenvalue weighted by Gasteiger charge is 2.35. The van der Waals surface area contributed by atoms with Gasteiger partial charge in [-0.25, -0.2) is 0 Å². The minimum absolute atomic E-state index is 0.159. The van der Waals surface area contributed by atoms with Crippen LogP contribution in [0.1, 0.15) is 56.2 Å². The fourth-order valence-corrected chi connectivity index (χ4v) is 4.95. The van der Waals surface area contributed by atoms with E-state index in [1.165, 1.54) is 16.7 Å². The second-order valence-corrected chi connectivity index (χ2v) is 10.4. The zero-order chi connectivity index (χ0) is 32.7. The number of hydrogen-bond donors (Lipinski definition) is 0. The van der Waals surface area contributed by atoms with Gasteiger partial charge in [-0.1, -0.05) is 117 Å². The number of nitrogens with zero attached hydrogens (tertiary/aromatic N) is 2. The molecule has 3 aromatic carbocycles. The van der Waals surface area contributed by atoms with Crippen molar-refractivity contribution in [1.29, 1.82) is 0 Å². The van der Waals surface area contributed by atoms with Crippen LogP contribution in [0.5, 0.6) is 0 Å². The largest absolute Gasteiger partial charge is 0.871 e. The molecule has 0 N–H and O–H groups in total. The first kappa shape index (κ1) is 36.0. The van der Waals surface area contributed by atoms with Gasteiger partial charge >= 0.3 is 0 Å². The summed E-state index contributed by atoms with van der Waals surface area (Å²) in [7, 11) is -2.23. The summed E-state index contributed by atoms with van der Waals surface area (Å²) in [5.74, 6) is 0. The zero-order valence-corrected chi connectivity index (χ0v) is 26.9. The number of rotatable bonds is 14. The van der Waals surface area contributed by atoms with E-state index in [-0.39, 0.29) is 12.0 Å². The van der Waals surface area contributed by atoms with Crippen LogP contribution in [0.4, 0.5) is 0 Å². The summed E-state index contributed by atoms with van der Waals surface area (Å²) in [6.45, 7) is 5.88. The Kier molecular flexibility index (Phi) is 16.6. The highest BCUT2D eigenvalue weighted by atomic mass is 16.7. The van der Waals surface area contributed by atoms with Crippen molar-refractivity contribution in [3.05, 3.63) is 169 Å². The van der Waals surface area contributed by atoms with Gasteiger partial charge in [-0.3, -0.25) is 9.68 Å². The molecule has 0 bridgehead atoms. The Morgan fingerprint density at radius 3 is 1.20 bits per heavy atom. The first-order valence-corrected chi connectivity index (χ1v) is 15.9. The van der Waals surface area contributed by atoms with Crippen LogP contribution in [-0.2, 0) is 10.1 Å². The average molecular weight is 621 g/mol. The molecule has 240 valence electrons. The maximum absolute atomic E-state index is 10.7. The average Bonchev–Trinajstić information content (AvgIpc) is 3.12. The van der Waals surface area contributed by atoms with Gasteiger partial charge in [0.2, 0.25) is 24.8 Å². The minimum atomic E-state index is -2.23. The van der Waals surface area contributed by atoms with Crippen molar-refractivity contribution in [2.75, 3.05) is 19.8 Å². The fourth-order valence-electron chi connectivity index (χ4n) is 4.95. The second-order valence-electron chi connectivity index (χ2n) is 10.4. The second kappa shape index (κ2) is 21.3. The van der Waals surface area contributed by atoms with Gasteiger partial charge in [-0.15, -0.1) is 0 Å². The predicted octanol–water partition coefficient (Wildman–Crippen LogP) is 4.15. The fraction of sp³-hybridized carbons (Fsp3) is 0.263. The summed E-state index contributed by atoms with van der Waals surface area (Å²) < 4.78 is 8.16. The van der Waals surface area contributed by atoms with Gasteiger partial charge in [0.15, 0.2) is 13.2 Å². The smallest absolute Gasteiger partial charge is 0.222 e. The van der Waals surface area contributed by atoms with E-state index < -0.39 is 7.32 Å². The highest BCUT2D eigenvalue weighted by molar-refractivity contribution is 6.28. The maximum Gasteiger partial charge on any atom is 0.222 e. The number of benzene rings is 3. The van der Waals surface area contributed by atoms with Crippen molar-refractivity contribution >= 4 is 7.32 Å². The van der Waals surface area contributed by atoms with E-state index in [2.05, 4.69) is 50.2 Å². The van der Waals surface area contributed by atoms with Gasteiger partial charge in [0.05, 0.1) is 7.32 Å². The topological polar surface area (TPSA) is 81.6 Å². The van der Waals surface area contributed by atoms with Crippen LogP contribution in [0, 0.1) is 0 Å². The van der Waals surface area contributed by atoms with Crippen LogP contribution in [0.25, 0.3) is 0 Å². The summed E-state index contributed by atoms with van der Waals surface area (Å²) in [5, 5.41) is 21.4. The third kappa shape index (κ3) is 12.1. The first-order chi connectivity index (χ1) is 22.6. The van der Waals surface area contributed by atoms with Crippen LogP contribution in [0.3, 0.4) is 0 Å². The number of pyridine rings is 2. The molecule has 46 heavy (non-hydrogen) atoms. The molecular formula is C38H45BN2O5. The Bertz CT molecular complexity index is 1290. The summed E-state index contributed by atoms with van der Waals surface area (Å²) in [5.41, 5.74) is 3.17. The quantitative estimate of drug-likeness (QED) is 0.0807. The lowest BCUT2D eigenvalue weighted by Gasteiger charge is -2.37. The molecule has 0 saturated heterocycles. The van der Waals surface area contributed by atoms with Crippen LogP contribution >= 0.6 is 0 Å². The SMILES string of the molecule is CCCO[n+]1ccccc1.CCCO[n+]1ccccc1.[O-]B([O-])OCCCC(c1ccccc1)(c1ccccc1)c1ccccc1. The van der Waals surface area contributed by atoms with Crippen molar-refractivity contribution in [1.82, 2.24) is 0 Å². The van der Waals surface area contributed by atoms with Crippen molar-refractivity contribution in [3.8, 4) is 0 Å². The van der Waals surface area contributed by atoms with E-state index in [9.17, 15) is 10.0 Å². The molecule has 0 aliphatic rings. The van der Waals surface area contributed by atoms with E-state index in [4.69, 9.17) is 14.3 Å². The van der Waals surface area contributed by atoms with E-state index in [1.54, 1.807) is 9.46 Å². The third-order valence-electron chi connectivity index (χ3n) is 7.02. The standard InChI is InChI=1S/C22H21BO3.2C8H12NO/c24-23(25)26-18-10-17-22(19-11-4-1-5-12-19,20-13-6-2-7-14-20)21-15-8-3-9-16-21;2*1-2-8-10-9-6-4-3-5-7-9/h1-9,11-16H,10,17-18H2;2*3-7H,2,8H2,1H3/q-2;2*+1. The third-order valence-corrected chi connectivity index (χ3v) is 7.02. The summed E-state index contributed by atoms with van der Waals surface area (Å²) in [4.78, 5) is 10.5. The van der Waals surface area contributed by atoms with Crippen LogP contribution in [-0.4, -0.2) is 27.1 Å². The molecule has 0 saturated carbocycles. The molecule has 2 heterocycles. The van der Waals surface area contributed by atoms with Crippen molar-refractivity contribution in [2.45, 2.75) is 44.9 Å². The molecule has 0 atom stereocenters. The Hall–Kier alpha value is -4.50. The molecule has 0 radical (unpaired) electrons. The van der Waals surface area contributed by atoms with Gasteiger partial charge in [0.25, 0.3) is 0 Å². The summed E-state index contributed by atoms with van der Waals surface area (Å²) in [6.07, 6.45) is 11.0. The molecule has 5 aromatic rings. The minimum Gasteiger partial charge on any atom is -0.871 e. The normalized spacial score (nSPS) is 10.4. The van der Waals surface area contributed by atoms with Crippen molar-refractivity contribution < 1.29 is 33.8 Å². The molecular weight excluding hydrogens is 575 g/mol. The molecule has 7 nitrogen and oxygen atoms in total. The molecule has 0 aliphatic carbocycles. The van der Waals surface area contributed by atoms with Gasteiger partial charge in [-0.2, -0.15) is 0 Å². The van der Waals surface area contributed by atoms with Crippen LogP contribution < -0.4 is 29.2 Å². The summed E-state index contributed by atoms with van der Waals surface area (Å²) in [6, 6.07) is 42.7. The van der Waals surface area contributed by atoms with Gasteiger partial charge in [-0.05, 0) is 42.4 Å². The Balaban J connectivity index is 0.000000235. The first-order valence-electron chi connectivity index (χ1n) is 15.9. The predicted molar refractivity (Wildman–Crippen MR) is 177 cm³/mol. The van der Waals surface area contributed by atoms with Gasteiger partial charge in [0, 0.05) is 45.7 Å². The molecule has 0 amide bonds. The number of hydrogen-bond acceptors (Lipinski definition) is 5. The molecule has 0 unspecified atom stereocenters.